The zero-order chi connectivity index (χ0) is 14.2. The fourth-order valence-corrected chi connectivity index (χ4v) is 1.85. The van der Waals surface area contributed by atoms with Crippen LogP contribution in [0.5, 0.6) is 0 Å². The van der Waals surface area contributed by atoms with Gasteiger partial charge in [-0.05, 0) is 37.1 Å². The molecule has 0 bridgehead atoms. The highest BCUT2D eigenvalue weighted by Gasteiger charge is 2.02. The molecule has 2 aromatic rings. The molecule has 0 aliphatic heterocycles. The number of hydrogen-bond acceptors (Lipinski definition) is 4. The van der Waals surface area contributed by atoms with E-state index in [1.807, 2.05) is 24.3 Å². The molecule has 1 aromatic heterocycles. The molecule has 0 radical (unpaired) electrons. The summed E-state index contributed by atoms with van der Waals surface area (Å²) in [6.45, 7) is 1.30. The van der Waals surface area contributed by atoms with E-state index in [0.29, 0.717) is 19.5 Å². The summed E-state index contributed by atoms with van der Waals surface area (Å²) in [6, 6.07) is 7.73. The summed E-state index contributed by atoms with van der Waals surface area (Å²) < 4.78 is 1.75. The van der Waals surface area contributed by atoms with E-state index in [-0.39, 0.29) is 5.91 Å². The van der Waals surface area contributed by atoms with Crippen LogP contribution in [-0.4, -0.2) is 27.2 Å². The summed E-state index contributed by atoms with van der Waals surface area (Å²) in [4.78, 5) is 15.6. The number of nitrogens with two attached hydrogens (primary N) is 1. The van der Waals surface area contributed by atoms with Crippen molar-refractivity contribution in [3.05, 3.63) is 42.5 Å². The third-order valence-corrected chi connectivity index (χ3v) is 2.91. The third kappa shape index (κ3) is 4.47. The van der Waals surface area contributed by atoms with Gasteiger partial charge in [-0.2, -0.15) is 5.10 Å². The number of hydrogen-bond donors (Lipinski definition) is 2. The third-order valence-electron chi connectivity index (χ3n) is 2.91. The Labute approximate surface area is 118 Å². The minimum Gasteiger partial charge on any atom is -0.330 e. The van der Waals surface area contributed by atoms with Gasteiger partial charge in [0.05, 0.1) is 6.54 Å². The molecule has 0 spiro atoms. The molecule has 3 N–H and O–H groups in total. The van der Waals surface area contributed by atoms with Crippen LogP contribution in [0.1, 0.15) is 24.8 Å². The van der Waals surface area contributed by atoms with Crippen LogP contribution >= 0.6 is 0 Å². The van der Waals surface area contributed by atoms with Gasteiger partial charge in [0.1, 0.15) is 12.7 Å². The van der Waals surface area contributed by atoms with E-state index in [9.17, 15) is 4.79 Å². The van der Waals surface area contributed by atoms with E-state index in [1.165, 1.54) is 6.33 Å². The Morgan fingerprint density at radius 3 is 2.70 bits per heavy atom. The van der Waals surface area contributed by atoms with E-state index < -0.39 is 0 Å². The van der Waals surface area contributed by atoms with Gasteiger partial charge in [0, 0.05) is 12.1 Å². The summed E-state index contributed by atoms with van der Waals surface area (Å²) in [5.74, 6) is 0.0301. The molecule has 0 fully saturated rings. The van der Waals surface area contributed by atoms with Gasteiger partial charge in [-0.15, -0.1) is 0 Å². The van der Waals surface area contributed by atoms with Gasteiger partial charge < -0.3 is 11.1 Å². The van der Waals surface area contributed by atoms with Crippen LogP contribution < -0.4 is 11.1 Å². The van der Waals surface area contributed by atoms with Crippen molar-refractivity contribution in [2.75, 3.05) is 11.9 Å². The van der Waals surface area contributed by atoms with Crippen LogP contribution in [0.15, 0.2) is 36.9 Å². The molecule has 2 rings (SSSR count). The highest BCUT2D eigenvalue weighted by molar-refractivity contribution is 5.90. The predicted molar refractivity (Wildman–Crippen MR) is 77.1 cm³/mol. The Balaban J connectivity index is 1.83. The fourth-order valence-electron chi connectivity index (χ4n) is 1.85. The van der Waals surface area contributed by atoms with Crippen molar-refractivity contribution >= 4 is 11.6 Å². The molecule has 0 unspecified atom stereocenters. The SMILES string of the molecule is NCCCCC(=O)Nc1ccc(Cn2cncn2)cc1. The second-order valence-electron chi connectivity index (χ2n) is 4.58. The van der Waals surface area contributed by atoms with E-state index in [0.717, 1.165) is 24.1 Å². The number of aromatic nitrogens is 3. The van der Waals surface area contributed by atoms with Crippen LogP contribution in [0.3, 0.4) is 0 Å². The lowest BCUT2D eigenvalue weighted by atomic mass is 10.2. The Hall–Kier alpha value is -2.21. The lowest BCUT2D eigenvalue weighted by Gasteiger charge is -2.06. The lowest BCUT2D eigenvalue weighted by molar-refractivity contribution is -0.116. The fraction of sp³-hybridized carbons (Fsp3) is 0.357. The number of anilines is 1. The minimum absolute atomic E-state index is 0.0301. The Morgan fingerprint density at radius 2 is 2.05 bits per heavy atom. The highest BCUT2D eigenvalue weighted by atomic mass is 16.1. The first-order chi connectivity index (χ1) is 9.78. The number of amides is 1. The maximum Gasteiger partial charge on any atom is 0.224 e. The van der Waals surface area contributed by atoms with Crippen LogP contribution in [0.4, 0.5) is 5.69 Å². The standard InChI is InChI=1S/C14H19N5O/c15-8-2-1-3-14(20)18-13-6-4-12(5-7-13)9-19-11-16-10-17-19/h4-7,10-11H,1-3,8-9,15H2,(H,18,20). The first-order valence-electron chi connectivity index (χ1n) is 6.69. The maximum atomic E-state index is 11.7. The molecule has 106 valence electrons. The number of nitrogens with one attached hydrogen (secondary N) is 1. The largest absolute Gasteiger partial charge is 0.330 e. The van der Waals surface area contributed by atoms with E-state index in [1.54, 1.807) is 11.0 Å². The second kappa shape index (κ2) is 7.40. The summed E-state index contributed by atoms with van der Waals surface area (Å²) >= 11 is 0. The van der Waals surface area contributed by atoms with Crippen LogP contribution in [-0.2, 0) is 11.3 Å². The molecule has 0 saturated carbocycles. The van der Waals surface area contributed by atoms with Gasteiger partial charge in [0.25, 0.3) is 0 Å². The van der Waals surface area contributed by atoms with Crippen molar-refractivity contribution in [2.45, 2.75) is 25.8 Å². The molecular formula is C14H19N5O. The van der Waals surface area contributed by atoms with Crippen molar-refractivity contribution in [3.8, 4) is 0 Å². The molecule has 0 atom stereocenters. The molecule has 1 aromatic carbocycles. The molecule has 6 nitrogen and oxygen atoms in total. The minimum atomic E-state index is 0.0301. The number of rotatable bonds is 7. The summed E-state index contributed by atoms with van der Waals surface area (Å²) in [5.41, 5.74) is 7.31. The number of unbranched alkanes of at least 4 members (excludes halogenated alkanes) is 1. The highest BCUT2D eigenvalue weighted by Crippen LogP contribution is 2.11. The Kier molecular flexibility index (Phi) is 5.25. The van der Waals surface area contributed by atoms with Gasteiger partial charge in [-0.1, -0.05) is 12.1 Å². The Bertz CT molecular complexity index is 521. The molecule has 0 aliphatic rings. The van der Waals surface area contributed by atoms with Crippen LogP contribution in [0.2, 0.25) is 0 Å². The molecule has 1 heterocycles. The molecule has 6 heteroatoms. The van der Waals surface area contributed by atoms with Crippen LogP contribution in [0.25, 0.3) is 0 Å². The summed E-state index contributed by atoms with van der Waals surface area (Å²) in [7, 11) is 0. The predicted octanol–water partition coefficient (Wildman–Crippen LogP) is 1.39. The molecule has 0 saturated heterocycles. The topological polar surface area (TPSA) is 85.8 Å². The second-order valence-corrected chi connectivity index (χ2v) is 4.58. The number of carbonyl (C=O) groups is 1. The van der Waals surface area contributed by atoms with Crippen molar-refractivity contribution in [1.82, 2.24) is 14.8 Å². The molecular weight excluding hydrogens is 254 g/mol. The first kappa shape index (κ1) is 14.2. The average Bonchev–Trinajstić information content (AvgIpc) is 2.94. The van der Waals surface area contributed by atoms with Crippen molar-refractivity contribution < 1.29 is 4.79 Å². The zero-order valence-corrected chi connectivity index (χ0v) is 11.3. The molecule has 0 aliphatic carbocycles. The van der Waals surface area contributed by atoms with Gasteiger partial charge in [-0.25, -0.2) is 9.67 Å². The average molecular weight is 273 g/mol. The van der Waals surface area contributed by atoms with E-state index in [4.69, 9.17) is 5.73 Å². The van der Waals surface area contributed by atoms with Crippen LogP contribution in [0, 0.1) is 0 Å². The quantitative estimate of drug-likeness (QED) is 0.746. The smallest absolute Gasteiger partial charge is 0.224 e. The number of benzene rings is 1. The molecule has 20 heavy (non-hydrogen) atoms. The number of carbonyl (C=O) groups excluding carboxylic acids is 1. The van der Waals surface area contributed by atoms with Gasteiger partial charge >= 0.3 is 0 Å². The normalized spacial score (nSPS) is 10.4. The van der Waals surface area contributed by atoms with E-state index >= 15 is 0 Å². The maximum absolute atomic E-state index is 11.7. The zero-order valence-electron chi connectivity index (χ0n) is 11.3. The van der Waals surface area contributed by atoms with Gasteiger partial charge in [0.2, 0.25) is 5.91 Å². The monoisotopic (exact) mass is 273 g/mol. The first-order valence-corrected chi connectivity index (χ1v) is 6.69. The number of nitrogens with zero attached hydrogens (tertiary/aromatic N) is 3. The van der Waals surface area contributed by atoms with Gasteiger partial charge in [-0.3, -0.25) is 4.79 Å². The summed E-state index contributed by atoms with van der Waals surface area (Å²) in [5, 5.41) is 6.92. The Morgan fingerprint density at radius 1 is 1.25 bits per heavy atom. The van der Waals surface area contributed by atoms with E-state index in [2.05, 4.69) is 15.4 Å². The van der Waals surface area contributed by atoms with Crippen molar-refractivity contribution in [2.24, 2.45) is 5.73 Å². The lowest BCUT2D eigenvalue weighted by Crippen LogP contribution is -2.12. The summed E-state index contributed by atoms with van der Waals surface area (Å²) in [6.07, 6.45) is 5.40. The van der Waals surface area contributed by atoms with Crippen molar-refractivity contribution in [3.63, 3.8) is 0 Å². The van der Waals surface area contributed by atoms with Crippen molar-refractivity contribution in [1.29, 1.82) is 0 Å². The molecule has 1 amide bonds. The van der Waals surface area contributed by atoms with Gasteiger partial charge in [0.15, 0.2) is 0 Å².